The van der Waals surface area contributed by atoms with Crippen LogP contribution in [0.25, 0.3) is 11.1 Å². The van der Waals surface area contributed by atoms with Crippen molar-refractivity contribution in [2.45, 2.75) is 19.8 Å². The second kappa shape index (κ2) is 9.87. The highest BCUT2D eigenvalue weighted by Gasteiger charge is 2.21. The Hall–Kier alpha value is -3.15. The zero-order valence-corrected chi connectivity index (χ0v) is 16.6. The number of hydrogen-bond donors (Lipinski definition) is 1. The molecule has 0 saturated carbocycles. The Morgan fingerprint density at radius 2 is 1.72 bits per heavy atom. The first kappa shape index (κ1) is 20.6. The van der Waals surface area contributed by atoms with E-state index in [1.165, 1.54) is 0 Å². The monoisotopic (exact) mass is 394 g/mol. The molecule has 1 aliphatic rings. The third-order valence-electron chi connectivity index (χ3n) is 5.01. The molecule has 1 atom stereocenters. The molecular weight excluding hydrogens is 368 g/mol. The average Bonchev–Trinajstić information content (AvgIpc) is 2.76. The van der Waals surface area contributed by atoms with Crippen molar-refractivity contribution >= 4 is 17.8 Å². The maximum Gasteiger partial charge on any atom is 0.325 e. The van der Waals surface area contributed by atoms with Gasteiger partial charge in [-0.1, -0.05) is 49.4 Å². The number of benzene rings is 2. The topological polar surface area (TPSA) is 75.7 Å². The van der Waals surface area contributed by atoms with Crippen molar-refractivity contribution in [3.8, 4) is 11.1 Å². The second-order valence-corrected chi connectivity index (χ2v) is 7.37. The molecule has 2 amide bonds. The van der Waals surface area contributed by atoms with E-state index in [0.717, 1.165) is 24.0 Å². The van der Waals surface area contributed by atoms with Crippen molar-refractivity contribution in [3.63, 3.8) is 0 Å². The molecule has 1 saturated heterocycles. The maximum absolute atomic E-state index is 12.2. The Morgan fingerprint density at radius 1 is 1.03 bits per heavy atom. The summed E-state index contributed by atoms with van der Waals surface area (Å²) in [5.74, 6) is -0.709. The van der Waals surface area contributed by atoms with E-state index in [0.29, 0.717) is 24.6 Å². The van der Waals surface area contributed by atoms with E-state index in [1.54, 1.807) is 17.0 Å². The van der Waals surface area contributed by atoms with Gasteiger partial charge in [0.15, 0.2) is 6.61 Å². The number of carbonyl (C=O) groups is 3. The Kier molecular flexibility index (Phi) is 7.00. The SMILES string of the molecule is CC1CCCN(C(=O)COC(=O)CNC(=O)c2ccc(-c3ccccc3)cc2)C1. The van der Waals surface area contributed by atoms with Gasteiger partial charge in [0, 0.05) is 18.7 Å². The Bertz CT molecular complexity index is 849. The zero-order chi connectivity index (χ0) is 20.6. The third-order valence-corrected chi connectivity index (χ3v) is 5.01. The lowest BCUT2D eigenvalue weighted by Gasteiger charge is -2.30. The molecule has 2 aromatic carbocycles. The van der Waals surface area contributed by atoms with Crippen molar-refractivity contribution in [2.24, 2.45) is 5.92 Å². The van der Waals surface area contributed by atoms with Gasteiger partial charge in [-0.15, -0.1) is 0 Å². The minimum Gasteiger partial charge on any atom is -0.454 e. The lowest BCUT2D eigenvalue weighted by molar-refractivity contribution is -0.151. The number of nitrogens with one attached hydrogen (secondary N) is 1. The highest BCUT2D eigenvalue weighted by atomic mass is 16.5. The molecule has 0 spiro atoms. The number of amides is 2. The standard InChI is InChI=1S/C23H26N2O4/c1-17-6-5-13-25(15-17)21(26)16-29-22(27)14-24-23(28)20-11-9-19(10-12-20)18-7-3-2-4-8-18/h2-4,7-12,17H,5-6,13-16H2,1H3,(H,24,28). The van der Waals surface area contributed by atoms with Crippen LogP contribution in [0.4, 0.5) is 0 Å². The molecule has 1 N–H and O–H groups in total. The highest BCUT2D eigenvalue weighted by molar-refractivity contribution is 5.96. The molecular formula is C23H26N2O4. The fourth-order valence-corrected chi connectivity index (χ4v) is 3.40. The van der Waals surface area contributed by atoms with Gasteiger partial charge >= 0.3 is 5.97 Å². The van der Waals surface area contributed by atoms with Crippen LogP contribution in [0.15, 0.2) is 54.6 Å². The summed E-state index contributed by atoms with van der Waals surface area (Å²) in [6, 6.07) is 17.0. The van der Waals surface area contributed by atoms with Gasteiger partial charge in [-0.25, -0.2) is 0 Å². The van der Waals surface area contributed by atoms with Gasteiger partial charge in [0.2, 0.25) is 0 Å². The van der Waals surface area contributed by atoms with Crippen LogP contribution in [-0.4, -0.2) is 48.9 Å². The first-order chi connectivity index (χ1) is 14.0. The van der Waals surface area contributed by atoms with E-state index < -0.39 is 5.97 Å². The van der Waals surface area contributed by atoms with Crippen LogP contribution in [-0.2, 0) is 14.3 Å². The van der Waals surface area contributed by atoms with Crippen LogP contribution >= 0.6 is 0 Å². The molecule has 1 aliphatic heterocycles. The number of esters is 1. The number of carbonyl (C=O) groups excluding carboxylic acids is 3. The molecule has 6 heteroatoms. The lowest BCUT2D eigenvalue weighted by Crippen LogP contribution is -2.42. The fraction of sp³-hybridized carbons (Fsp3) is 0.348. The Labute approximate surface area is 170 Å². The summed E-state index contributed by atoms with van der Waals surface area (Å²) in [4.78, 5) is 37.9. The van der Waals surface area contributed by atoms with Crippen LogP contribution in [0.5, 0.6) is 0 Å². The molecule has 29 heavy (non-hydrogen) atoms. The van der Waals surface area contributed by atoms with E-state index in [-0.39, 0.29) is 25.0 Å². The highest BCUT2D eigenvalue weighted by Crippen LogP contribution is 2.19. The van der Waals surface area contributed by atoms with Crippen LogP contribution in [0.2, 0.25) is 0 Å². The van der Waals surface area contributed by atoms with Gasteiger partial charge in [0.05, 0.1) is 0 Å². The van der Waals surface area contributed by atoms with Crippen molar-refractivity contribution in [3.05, 3.63) is 60.2 Å². The molecule has 0 bridgehead atoms. The number of hydrogen-bond acceptors (Lipinski definition) is 4. The molecule has 1 heterocycles. The minimum absolute atomic E-state index is 0.187. The van der Waals surface area contributed by atoms with E-state index in [4.69, 9.17) is 4.74 Å². The van der Waals surface area contributed by atoms with Crippen molar-refractivity contribution in [2.75, 3.05) is 26.2 Å². The number of likely N-dealkylation sites (tertiary alicyclic amines) is 1. The average molecular weight is 394 g/mol. The predicted molar refractivity (Wildman–Crippen MR) is 110 cm³/mol. The van der Waals surface area contributed by atoms with Gasteiger partial charge < -0.3 is 15.0 Å². The minimum atomic E-state index is -0.627. The van der Waals surface area contributed by atoms with Gasteiger partial charge in [0.25, 0.3) is 11.8 Å². The summed E-state index contributed by atoms with van der Waals surface area (Å²) in [6.07, 6.45) is 2.09. The molecule has 1 unspecified atom stereocenters. The Morgan fingerprint density at radius 3 is 2.41 bits per heavy atom. The zero-order valence-electron chi connectivity index (χ0n) is 16.6. The van der Waals surface area contributed by atoms with E-state index in [1.807, 2.05) is 42.5 Å². The third kappa shape index (κ3) is 5.91. The summed E-state index contributed by atoms with van der Waals surface area (Å²) in [7, 11) is 0. The summed E-state index contributed by atoms with van der Waals surface area (Å²) < 4.78 is 5.01. The molecule has 0 aliphatic carbocycles. The largest absolute Gasteiger partial charge is 0.454 e. The first-order valence-electron chi connectivity index (χ1n) is 9.90. The van der Waals surface area contributed by atoms with Crippen LogP contribution in [0.1, 0.15) is 30.1 Å². The van der Waals surface area contributed by atoms with Crippen LogP contribution in [0.3, 0.4) is 0 Å². The summed E-state index contributed by atoms with van der Waals surface area (Å²) >= 11 is 0. The number of nitrogens with zero attached hydrogens (tertiary/aromatic N) is 1. The number of piperidine rings is 1. The molecule has 0 aromatic heterocycles. The molecule has 6 nitrogen and oxygen atoms in total. The summed E-state index contributed by atoms with van der Waals surface area (Å²) in [5, 5.41) is 2.53. The number of ether oxygens (including phenoxy) is 1. The van der Waals surface area contributed by atoms with Gasteiger partial charge in [-0.05, 0) is 42.0 Å². The molecule has 0 radical (unpaired) electrons. The molecule has 152 valence electrons. The second-order valence-electron chi connectivity index (χ2n) is 7.37. The quantitative estimate of drug-likeness (QED) is 0.765. The fourth-order valence-electron chi connectivity index (χ4n) is 3.40. The van der Waals surface area contributed by atoms with Gasteiger partial charge in [-0.2, -0.15) is 0 Å². The normalized spacial score (nSPS) is 16.2. The van der Waals surface area contributed by atoms with Gasteiger partial charge in [0.1, 0.15) is 6.54 Å². The number of rotatable bonds is 6. The first-order valence-corrected chi connectivity index (χ1v) is 9.90. The predicted octanol–water partition coefficient (Wildman–Crippen LogP) is 2.89. The van der Waals surface area contributed by atoms with Crippen LogP contribution in [0, 0.1) is 5.92 Å². The summed E-state index contributed by atoms with van der Waals surface area (Å²) in [5.41, 5.74) is 2.53. The van der Waals surface area contributed by atoms with E-state index in [2.05, 4.69) is 12.2 Å². The van der Waals surface area contributed by atoms with E-state index in [9.17, 15) is 14.4 Å². The summed E-state index contributed by atoms with van der Waals surface area (Å²) in [6.45, 7) is 2.95. The smallest absolute Gasteiger partial charge is 0.325 e. The molecule has 2 aromatic rings. The molecule has 3 rings (SSSR count). The van der Waals surface area contributed by atoms with Crippen molar-refractivity contribution in [1.82, 2.24) is 10.2 Å². The van der Waals surface area contributed by atoms with Gasteiger partial charge in [-0.3, -0.25) is 14.4 Å². The van der Waals surface area contributed by atoms with Crippen molar-refractivity contribution < 1.29 is 19.1 Å². The van der Waals surface area contributed by atoms with Crippen LogP contribution < -0.4 is 5.32 Å². The van der Waals surface area contributed by atoms with Crippen molar-refractivity contribution in [1.29, 1.82) is 0 Å². The lowest BCUT2D eigenvalue weighted by atomic mass is 10.0. The molecule has 1 fully saturated rings. The van der Waals surface area contributed by atoms with E-state index >= 15 is 0 Å². The maximum atomic E-state index is 12.2. The Balaban J connectivity index is 1.43.